The molecule has 3 aromatic rings. The largest absolute Gasteiger partial charge is 0.423 e. The number of hydrogen-bond donors (Lipinski definition) is 0. The first-order valence-electron chi connectivity index (χ1n) is 5.34. The van der Waals surface area contributed by atoms with Crippen LogP contribution in [0.15, 0.2) is 48.5 Å². The highest BCUT2D eigenvalue weighted by molar-refractivity contribution is 14.1. The van der Waals surface area contributed by atoms with Crippen LogP contribution in [-0.4, -0.2) is 15.2 Å². The first kappa shape index (κ1) is 11.3. The number of para-hydroxylation sites is 1. The Balaban J connectivity index is 1.95. The van der Waals surface area contributed by atoms with E-state index in [-0.39, 0.29) is 6.01 Å². The van der Waals surface area contributed by atoms with Crippen molar-refractivity contribution >= 4 is 33.6 Å². The fourth-order valence-electron chi connectivity index (χ4n) is 1.54. The lowest BCUT2D eigenvalue weighted by molar-refractivity contribution is 0.436. The molecule has 1 aromatic heterocycles. The zero-order valence-electron chi connectivity index (χ0n) is 9.25. The standard InChI is InChI=1S/C13H8IN3O/c14-9-4-3-5-10(8-9)18-13-15-11-6-1-2-7-12(11)16-17-13/h1-8H. The molecule has 2 aromatic carbocycles. The monoisotopic (exact) mass is 349 g/mol. The molecule has 0 saturated heterocycles. The first-order valence-corrected chi connectivity index (χ1v) is 6.42. The maximum atomic E-state index is 5.58. The maximum Gasteiger partial charge on any atom is 0.341 e. The van der Waals surface area contributed by atoms with Crippen molar-refractivity contribution in [1.82, 2.24) is 15.2 Å². The summed E-state index contributed by atoms with van der Waals surface area (Å²) in [4.78, 5) is 4.30. The van der Waals surface area contributed by atoms with Crippen LogP contribution < -0.4 is 4.74 Å². The molecule has 1 heterocycles. The Morgan fingerprint density at radius 3 is 2.56 bits per heavy atom. The molecule has 0 unspecified atom stereocenters. The quantitative estimate of drug-likeness (QED) is 0.666. The number of aromatic nitrogens is 3. The van der Waals surface area contributed by atoms with E-state index in [9.17, 15) is 0 Å². The second-order valence-corrected chi connectivity index (χ2v) is 4.89. The van der Waals surface area contributed by atoms with E-state index in [1.165, 1.54) is 0 Å². The van der Waals surface area contributed by atoms with E-state index >= 15 is 0 Å². The number of hydrogen-bond acceptors (Lipinski definition) is 4. The summed E-state index contributed by atoms with van der Waals surface area (Å²) in [6.07, 6.45) is 0. The molecule has 0 amide bonds. The molecule has 0 radical (unpaired) electrons. The van der Waals surface area contributed by atoms with Gasteiger partial charge in [0, 0.05) is 3.57 Å². The molecule has 0 aliphatic carbocycles. The van der Waals surface area contributed by atoms with Crippen molar-refractivity contribution in [3.05, 3.63) is 52.1 Å². The Morgan fingerprint density at radius 2 is 1.72 bits per heavy atom. The third-order valence-corrected chi connectivity index (χ3v) is 3.02. The van der Waals surface area contributed by atoms with Crippen molar-refractivity contribution in [2.45, 2.75) is 0 Å². The highest BCUT2D eigenvalue weighted by Gasteiger charge is 2.03. The summed E-state index contributed by atoms with van der Waals surface area (Å²) >= 11 is 2.23. The topological polar surface area (TPSA) is 47.9 Å². The van der Waals surface area contributed by atoms with Gasteiger partial charge >= 0.3 is 6.01 Å². The molecule has 0 aliphatic heterocycles. The lowest BCUT2D eigenvalue weighted by atomic mass is 10.3. The third-order valence-electron chi connectivity index (χ3n) is 2.35. The van der Waals surface area contributed by atoms with E-state index in [1.54, 1.807) is 0 Å². The van der Waals surface area contributed by atoms with Gasteiger partial charge in [0.1, 0.15) is 11.3 Å². The summed E-state index contributed by atoms with van der Waals surface area (Å²) in [7, 11) is 0. The molecule has 0 aliphatic rings. The van der Waals surface area contributed by atoms with Crippen LogP contribution in [0.5, 0.6) is 11.8 Å². The minimum absolute atomic E-state index is 0.260. The van der Waals surface area contributed by atoms with Crippen LogP contribution in [-0.2, 0) is 0 Å². The van der Waals surface area contributed by atoms with E-state index in [0.29, 0.717) is 5.75 Å². The summed E-state index contributed by atoms with van der Waals surface area (Å²) in [6.45, 7) is 0. The summed E-state index contributed by atoms with van der Waals surface area (Å²) < 4.78 is 6.67. The molecular weight excluding hydrogens is 341 g/mol. The number of rotatable bonds is 2. The zero-order chi connectivity index (χ0) is 12.4. The zero-order valence-corrected chi connectivity index (χ0v) is 11.4. The minimum Gasteiger partial charge on any atom is -0.423 e. The fraction of sp³-hybridized carbons (Fsp3) is 0. The predicted molar refractivity (Wildman–Crippen MR) is 76.6 cm³/mol. The highest BCUT2D eigenvalue weighted by atomic mass is 127. The van der Waals surface area contributed by atoms with Crippen LogP contribution in [0.4, 0.5) is 0 Å². The Labute approximate surface area is 117 Å². The lowest BCUT2D eigenvalue weighted by Gasteiger charge is -2.03. The number of nitrogens with zero attached hydrogens (tertiary/aromatic N) is 3. The van der Waals surface area contributed by atoms with Crippen LogP contribution in [0, 0.1) is 3.57 Å². The van der Waals surface area contributed by atoms with Gasteiger partial charge in [0.15, 0.2) is 0 Å². The van der Waals surface area contributed by atoms with Crippen LogP contribution in [0.25, 0.3) is 11.0 Å². The van der Waals surface area contributed by atoms with Gasteiger partial charge in [-0.05, 0) is 52.9 Å². The Hall–Kier alpha value is -1.76. The van der Waals surface area contributed by atoms with Crippen molar-refractivity contribution in [3.8, 4) is 11.8 Å². The van der Waals surface area contributed by atoms with Gasteiger partial charge in [-0.3, -0.25) is 0 Å². The molecule has 0 saturated carbocycles. The van der Waals surface area contributed by atoms with Crippen molar-refractivity contribution < 1.29 is 4.74 Å². The lowest BCUT2D eigenvalue weighted by Crippen LogP contribution is -1.95. The van der Waals surface area contributed by atoms with Crippen molar-refractivity contribution in [2.24, 2.45) is 0 Å². The average molecular weight is 349 g/mol. The first-order chi connectivity index (χ1) is 8.81. The summed E-state index contributed by atoms with van der Waals surface area (Å²) in [5.41, 5.74) is 1.53. The van der Waals surface area contributed by atoms with E-state index < -0.39 is 0 Å². The second-order valence-electron chi connectivity index (χ2n) is 3.64. The van der Waals surface area contributed by atoms with Gasteiger partial charge in [0.2, 0.25) is 0 Å². The van der Waals surface area contributed by atoms with Gasteiger partial charge in [-0.25, -0.2) is 0 Å². The van der Waals surface area contributed by atoms with Crippen molar-refractivity contribution in [1.29, 1.82) is 0 Å². The van der Waals surface area contributed by atoms with Gasteiger partial charge in [0.25, 0.3) is 0 Å². The third kappa shape index (κ3) is 2.40. The number of fused-ring (bicyclic) bond motifs is 1. The molecule has 0 spiro atoms. The number of halogens is 1. The summed E-state index contributed by atoms with van der Waals surface area (Å²) in [6, 6.07) is 15.5. The summed E-state index contributed by atoms with van der Waals surface area (Å²) in [5.74, 6) is 0.707. The molecule has 18 heavy (non-hydrogen) atoms. The maximum absolute atomic E-state index is 5.58. The average Bonchev–Trinajstić information content (AvgIpc) is 2.39. The molecule has 0 N–H and O–H groups in total. The van der Waals surface area contributed by atoms with Gasteiger partial charge in [0.05, 0.1) is 5.52 Å². The van der Waals surface area contributed by atoms with Crippen LogP contribution in [0.3, 0.4) is 0 Å². The molecule has 0 atom stereocenters. The molecule has 3 rings (SSSR count). The number of benzene rings is 2. The van der Waals surface area contributed by atoms with Crippen LogP contribution >= 0.6 is 22.6 Å². The van der Waals surface area contributed by atoms with Gasteiger partial charge < -0.3 is 4.74 Å². The Kier molecular flexibility index (Phi) is 3.06. The fourth-order valence-corrected chi connectivity index (χ4v) is 2.06. The Bertz CT molecular complexity index is 702. The van der Waals surface area contributed by atoms with Gasteiger partial charge in [-0.15, -0.1) is 5.10 Å². The van der Waals surface area contributed by atoms with Gasteiger partial charge in [-0.2, -0.15) is 4.98 Å². The molecule has 0 fully saturated rings. The van der Waals surface area contributed by atoms with E-state index in [1.807, 2.05) is 48.5 Å². The minimum atomic E-state index is 0.260. The van der Waals surface area contributed by atoms with Gasteiger partial charge in [-0.1, -0.05) is 23.3 Å². The predicted octanol–water partition coefficient (Wildman–Crippen LogP) is 3.42. The smallest absolute Gasteiger partial charge is 0.341 e. The second kappa shape index (κ2) is 4.85. The van der Waals surface area contributed by atoms with Crippen LogP contribution in [0.2, 0.25) is 0 Å². The molecule has 5 heteroatoms. The Morgan fingerprint density at radius 1 is 0.889 bits per heavy atom. The van der Waals surface area contributed by atoms with E-state index in [0.717, 1.165) is 14.6 Å². The van der Waals surface area contributed by atoms with Crippen LogP contribution in [0.1, 0.15) is 0 Å². The molecule has 88 valence electrons. The number of ether oxygens (including phenoxy) is 1. The molecule has 0 bridgehead atoms. The normalized spacial score (nSPS) is 10.5. The molecule has 4 nitrogen and oxygen atoms in total. The SMILES string of the molecule is Ic1cccc(Oc2nnc3ccccc3n2)c1. The van der Waals surface area contributed by atoms with Crippen molar-refractivity contribution in [2.75, 3.05) is 0 Å². The van der Waals surface area contributed by atoms with E-state index in [2.05, 4.69) is 37.8 Å². The van der Waals surface area contributed by atoms with Crippen molar-refractivity contribution in [3.63, 3.8) is 0 Å². The highest BCUT2D eigenvalue weighted by Crippen LogP contribution is 2.20. The van der Waals surface area contributed by atoms with E-state index in [4.69, 9.17) is 4.74 Å². The summed E-state index contributed by atoms with van der Waals surface area (Å²) in [5, 5.41) is 8.01. The molecular formula is C13H8IN3O.